The van der Waals surface area contributed by atoms with Gasteiger partial charge in [0.25, 0.3) is 0 Å². The number of rotatable bonds is 9. The van der Waals surface area contributed by atoms with Crippen LogP contribution in [-0.2, 0) is 19.0 Å². The van der Waals surface area contributed by atoms with Crippen LogP contribution >= 0.6 is 11.8 Å². The highest BCUT2D eigenvalue weighted by Crippen LogP contribution is 2.38. The van der Waals surface area contributed by atoms with Gasteiger partial charge < -0.3 is 4.74 Å². The van der Waals surface area contributed by atoms with Gasteiger partial charge in [-0.25, -0.2) is 4.98 Å². The Morgan fingerprint density at radius 2 is 1.95 bits per heavy atom. The average Bonchev–Trinajstić information content (AvgIpc) is 3.36. The van der Waals surface area contributed by atoms with Crippen molar-refractivity contribution in [2.75, 3.05) is 7.11 Å². The maximum absolute atomic E-state index is 13.7. The number of halogens is 3. The number of hydrogen-bond acceptors (Lipinski definition) is 8. The summed E-state index contributed by atoms with van der Waals surface area (Å²) in [7, 11) is 2.89. The van der Waals surface area contributed by atoms with Crippen LogP contribution in [0.15, 0.2) is 71.9 Å². The van der Waals surface area contributed by atoms with E-state index in [1.807, 2.05) is 6.07 Å². The lowest BCUT2D eigenvalue weighted by atomic mass is 10.0. The summed E-state index contributed by atoms with van der Waals surface area (Å²) in [6, 6.07) is 16.0. The van der Waals surface area contributed by atoms with Gasteiger partial charge in [-0.3, -0.25) is 19.6 Å². The number of aromatic nitrogens is 3. The molecule has 4 aromatic rings. The summed E-state index contributed by atoms with van der Waals surface area (Å²) in [5.74, 6) is -0.165. The quantitative estimate of drug-likeness (QED) is 0.0726. The predicted octanol–water partition coefficient (Wildman–Crippen LogP) is 6.48. The fraction of sp³-hybridized carbons (Fsp3) is 0.143. The molecule has 2 aromatic heterocycles. The van der Waals surface area contributed by atoms with E-state index in [1.54, 1.807) is 48.5 Å². The summed E-state index contributed by atoms with van der Waals surface area (Å²) in [6.45, 7) is 0. The van der Waals surface area contributed by atoms with E-state index in [0.29, 0.717) is 22.4 Å². The molecule has 0 saturated carbocycles. The number of nitriles is 1. The largest absolute Gasteiger partial charge is 0.496 e. The number of alkyl halides is 3. The van der Waals surface area contributed by atoms with Crippen LogP contribution in [0.3, 0.4) is 0 Å². The lowest BCUT2D eigenvalue weighted by Crippen LogP contribution is -2.10. The number of thioether (sulfide) groups is 1. The van der Waals surface area contributed by atoms with Crippen molar-refractivity contribution in [1.29, 1.82) is 5.26 Å². The van der Waals surface area contributed by atoms with Gasteiger partial charge in [0.05, 0.1) is 17.6 Å². The first-order chi connectivity index (χ1) is 19.5. The van der Waals surface area contributed by atoms with Gasteiger partial charge in [-0.05, 0) is 35.4 Å². The number of carbonyl (C=O) groups is 1. The highest BCUT2D eigenvalue weighted by molar-refractivity contribution is 7.98. The molecule has 0 N–H and O–H groups in total. The van der Waals surface area contributed by atoms with E-state index in [2.05, 4.69) is 10.1 Å². The van der Waals surface area contributed by atoms with E-state index in [9.17, 15) is 33.3 Å². The van der Waals surface area contributed by atoms with Crippen LogP contribution in [0.1, 0.15) is 32.9 Å². The summed E-state index contributed by atoms with van der Waals surface area (Å²) in [4.78, 5) is 26.9. The van der Waals surface area contributed by atoms with Gasteiger partial charge in [0.1, 0.15) is 28.7 Å². The molecule has 0 aliphatic heterocycles. The summed E-state index contributed by atoms with van der Waals surface area (Å²) >= 11 is 0.939. The molecule has 0 aliphatic carbocycles. The third kappa shape index (κ3) is 6.62. The molecule has 13 heteroatoms. The first-order valence-electron chi connectivity index (χ1n) is 11.8. The number of nitrogens with zero attached hydrogens (tertiary/aromatic N) is 5. The molecule has 0 spiro atoms. The Morgan fingerprint density at radius 3 is 2.59 bits per heavy atom. The van der Waals surface area contributed by atoms with Crippen molar-refractivity contribution < 1.29 is 27.6 Å². The maximum Gasteiger partial charge on any atom is 0.433 e. The van der Waals surface area contributed by atoms with Crippen LogP contribution in [0, 0.1) is 21.4 Å². The molecule has 0 aliphatic rings. The minimum atomic E-state index is -4.73. The van der Waals surface area contributed by atoms with Crippen molar-refractivity contribution in [3.8, 4) is 22.9 Å². The molecular weight excluding hydrogens is 559 g/mol. The number of benzene rings is 2. The number of ether oxygens (including phenoxy) is 1. The van der Waals surface area contributed by atoms with Gasteiger partial charge in [-0.2, -0.15) is 23.5 Å². The van der Waals surface area contributed by atoms with Crippen molar-refractivity contribution in [2.45, 2.75) is 17.0 Å². The molecule has 0 unspecified atom stereocenters. The number of hydrogen-bond donors (Lipinski definition) is 0. The fourth-order valence-corrected chi connectivity index (χ4v) is 4.90. The normalized spacial score (nSPS) is 11.4. The van der Waals surface area contributed by atoms with Gasteiger partial charge in [0.2, 0.25) is 11.5 Å². The first kappa shape index (κ1) is 29.0. The lowest BCUT2D eigenvalue weighted by Gasteiger charge is -2.15. The zero-order valence-corrected chi connectivity index (χ0v) is 22.4. The van der Waals surface area contributed by atoms with E-state index < -0.39 is 28.3 Å². The monoisotopic (exact) mass is 579 g/mol. The van der Waals surface area contributed by atoms with E-state index in [1.165, 1.54) is 24.9 Å². The molecule has 9 nitrogen and oxygen atoms in total. The Bertz CT molecular complexity index is 1700. The molecule has 41 heavy (non-hydrogen) atoms. The van der Waals surface area contributed by atoms with E-state index in [4.69, 9.17) is 4.74 Å². The standard InChI is InChI=1S/C28H20F3N5O4S/c1-35-15-22(36(38)39)26(34-35)23(37)10-8-17-9-11-24(40-2)19(12-17)16-41-27-21(14-32)20(18-6-4-3-5-7-18)13-25(33-27)28(29,30)31/h3-13,15H,16H2,1-2H3/b10-8+. The molecule has 208 valence electrons. The van der Waals surface area contributed by atoms with Crippen molar-refractivity contribution in [3.63, 3.8) is 0 Å². The van der Waals surface area contributed by atoms with Crippen LogP contribution in [0.2, 0.25) is 0 Å². The Morgan fingerprint density at radius 1 is 1.22 bits per heavy atom. The molecule has 4 rings (SSSR count). The predicted molar refractivity (Wildman–Crippen MR) is 145 cm³/mol. The summed E-state index contributed by atoms with van der Waals surface area (Å²) < 4.78 is 47.7. The van der Waals surface area contributed by atoms with Crippen molar-refractivity contribution >= 4 is 29.3 Å². The van der Waals surface area contributed by atoms with Crippen molar-refractivity contribution in [1.82, 2.24) is 14.8 Å². The third-order valence-corrected chi connectivity index (χ3v) is 6.83. The first-order valence-corrected chi connectivity index (χ1v) is 12.8. The fourth-order valence-electron chi connectivity index (χ4n) is 3.92. The van der Waals surface area contributed by atoms with Crippen molar-refractivity contribution in [2.24, 2.45) is 7.05 Å². The Hall–Kier alpha value is -4.96. The van der Waals surface area contributed by atoms with Gasteiger partial charge in [-0.1, -0.05) is 42.5 Å². The lowest BCUT2D eigenvalue weighted by molar-refractivity contribution is -0.385. The van der Waals surface area contributed by atoms with E-state index >= 15 is 0 Å². The van der Waals surface area contributed by atoms with E-state index in [-0.39, 0.29) is 27.6 Å². The number of aryl methyl sites for hydroxylation is 1. The highest BCUT2D eigenvalue weighted by atomic mass is 32.2. The smallest absolute Gasteiger partial charge is 0.433 e. The van der Waals surface area contributed by atoms with Crippen LogP contribution in [0.4, 0.5) is 18.9 Å². The minimum absolute atomic E-state index is 0.00627. The van der Waals surface area contributed by atoms with Gasteiger partial charge >= 0.3 is 11.9 Å². The highest BCUT2D eigenvalue weighted by Gasteiger charge is 2.34. The number of carbonyl (C=O) groups excluding carboxylic acids is 1. The zero-order valence-electron chi connectivity index (χ0n) is 21.5. The van der Waals surface area contributed by atoms with Gasteiger partial charge in [-0.15, -0.1) is 11.8 Å². The second-order valence-electron chi connectivity index (χ2n) is 8.56. The van der Waals surface area contributed by atoms with Crippen LogP contribution in [-0.4, -0.2) is 32.6 Å². The molecule has 0 saturated heterocycles. The number of allylic oxidation sites excluding steroid dienone is 1. The molecule has 0 atom stereocenters. The molecule has 0 fully saturated rings. The number of pyridine rings is 1. The number of methoxy groups -OCH3 is 1. The zero-order chi connectivity index (χ0) is 29.7. The Balaban J connectivity index is 1.66. The second kappa shape index (κ2) is 12.1. The SMILES string of the molecule is COc1ccc(/C=C/C(=O)c2nn(C)cc2[N+](=O)[O-])cc1CSc1nc(C(F)(F)F)cc(-c2ccccc2)c1C#N. The minimum Gasteiger partial charge on any atom is -0.496 e. The average molecular weight is 580 g/mol. The molecule has 0 radical (unpaired) electrons. The Labute approximate surface area is 236 Å². The molecule has 2 heterocycles. The van der Waals surface area contributed by atoms with Crippen LogP contribution in [0.25, 0.3) is 17.2 Å². The Kier molecular flexibility index (Phi) is 8.53. The van der Waals surface area contributed by atoms with Crippen molar-refractivity contribution in [3.05, 3.63) is 105 Å². The number of ketones is 1. The molecule has 2 aromatic carbocycles. The number of nitro groups is 1. The topological polar surface area (TPSA) is 124 Å². The summed E-state index contributed by atoms with van der Waals surface area (Å²) in [5, 5.41) is 24.8. The second-order valence-corrected chi connectivity index (χ2v) is 9.53. The summed E-state index contributed by atoms with van der Waals surface area (Å²) in [5.41, 5.74) is -0.214. The maximum atomic E-state index is 13.7. The van der Waals surface area contributed by atoms with Gasteiger partial charge in [0, 0.05) is 23.9 Å². The van der Waals surface area contributed by atoms with Gasteiger partial charge in [0.15, 0.2) is 0 Å². The third-order valence-electron chi connectivity index (χ3n) is 5.81. The van der Waals surface area contributed by atoms with E-state index in [0.717, 1.165) is 30.1 Å². The molecule has 0 amide bonds. The molecule has 0 bridgehead atoms. The molecular formula is C28H20F3N5O4S. The van der Waals surface area contributed by atoms with Crippen LogP contribution < -0.4 is 4.74 Å². The summed E-state index contributed by atoms with van der Waals surface area (Å²) in [6.07, 6.45) is -1.03. The van der Waals surface area contributed by atoms with Crippen LogP contribution in [0.5, 0.6) is 5.75 Å².